The van der Waals surface area contributed by atoms with Gasteiger partial charge in [-0.3, -0.25) is 4.79 Å². The van der Waals surface area contributed by atoms with Gasteiger partial charge in [0.15, 0.2) is 17.8 Å². The van der Waals surface area contributed by atoms with Crippen LogP contribution in [-0.4, -0.2) is 31.7 Å². The van der Waals surface area contributed by atoms with Gasteiger partial charge >= 0.3 is 0 Å². The van der Waals surface area contributed by atoms with E-state index in [9.17, 15) is 4.79 Å². The zero-order chi connectivity index (χ0) is 21.8. The molecule has 1 heterocycles. The van der Waals surface area contributed by atoms with Crippen molar-refractivity contribution >= 4 is 17.2 Å². The number of ether oxygens (including phenoxy) is 3. The first-order valence-corrected chi connectivity index (χ1v) is 10.1. The van der Waals surface area contributed by atoms with Crippen molar-refractivity contribution in [3.8, 4) is 17.2 Å². The number of carbonyl (C=O) groups is 1. The third-order valence-corrected chi connectivity index (χ3v) is 5.76. The standard InChI is InChI=1S/C26H25NO4/c1-26(20-8-11-22(12-9-20)31-17-16-28,21-10-13-24(29-2)25(18-21)30-3)27-15-14-19-6-4-5-7-23(19)27/h4-16,18H,17H2,1-3H3. The highest BCUT2D eigenvalue weighted by Gasteiger charge is 2.33. The number of fused-ring (bicyclic) bond motifs is 1. The molecule has 0 aliphatic heterocycles. The van der Waals surface area contributed by atoms with Gasteiger partial charge in [0, 0.05) is 11.7 Å². The van der Waals surface area contributed by atoms with Gasteiger partial charge < -0.3 is 18.8 Å². The predicted octanol–water partition coefficient (Wildman–Crippen LogP) is 5.05. The van der Waals surface area contributed by atoms with Crippen LogP contribution in [0.25, 0.3) is 10.9 Å². The van der Waals surface area contributed by atoms with E-state index in [1.54, 1.807) is 14.2 Å². The molecule has 1 atom stereocenters. The van der Waals surface area contributed by atoms with Gasteiger partial charge in [0.25, 0.3) is 0 Å². The van der Waals surface area contributed by atoms with Crippen LogP contribution in [0.5, 0.6) is 17.2 Å². The Morgan fingerprint density at radius 3 is 2.29 bits per heavy atom. The number of hydrogen-bond donors (Lipinski definition) is 0. The average molecular weight is 415 g/mol. The van der Waals surface area contributed by atoms with E-state index in [0.717, 1.165) is 22.9 Å². The molecule has 3 aromatic carbocycles. The number of rotatable bonds is 8. The van der Waals surface area contributed by atoms with E-state index in [1.807, 2.05) is 48.5 Å². The molecule has 0 saturated heterocycles. The van der Waals surface area contributed by atoms with Gasteiger partial charge in [-0.1, -0.05) is 36.4 Å². The first-order valence-electron chi connectivity index (χ1n) is 10.1. The molecule has 0 fully saturated rings. The van der Waals surface area contributed by atoms with Crippen LogP contribution in [0.2, 0.25) is 0 Å². The smallest absolute Gasteiger partial charge is 0.161 e. The lowest BCUT2D eigenvalue weighted by molar-refractivity contribution is -0.109. The third kappa shape index (κ3) is 3.63. The highest BCUT2D eigenvalue weighted by Crippen LogP contribution is 2.40. The second-order valence-electron chi connectivity index (χ2n) is 7.39. The quantitative estimate of drug-likeness (QED) is 0.378. The molecule has 4 rings (SSSR count). The lowest BCUT2D eigenvalue weighted by Gasteiger charge is -2.34. The van der Waals surface area contributed by atoms with Crippen LogP contribution in [0.4, 0.5) is 0 Å². The molecule has 158 valence electrons. The van der Waals surface area contributed by atoms with Crippen LogP contribution >= 0.6 is 0 Å². The van der Waals surface area contributed by atoms with E-state index in [4.69, 9.17) is 14.2 Å². The predicted molar refractivity (Wildman–Crippen MR) is 121 cm³/mol. The number of nitrogens with zero attached hydrogens (tertiary/aromatic N) is 1. The molecule has 0 saturated carbocycles. The SMILES string of the molecule is COc1ccc(C(C)(c2ccc(OCC=O)cc2)n2ccc3ccccc32)cc1OC. The minimum atomic E-state index is -0.536. The Bertz CT molecular complexity index is 1200. The highest BCUT2D eigenvalue weighted by atomic mass is 16.5. The molecule has 0 aliphatic carbocycles. The van der Waals surface area contributed by atoms with E-state index in [-0.39, 0.29) is 6.61 Å². The van der Waals surface area contributed by atoms with E-state index < -0.39 is 5.54 Å². The van der Waals surface area contributed by atoms with E-state index in [1.165, 1.54) is 5.39 Å². The summed E-state index contributed by atoms with van der Waals surface area (Å²) in [6, 6.07) is 24.3. The maximum Gasteiger partial charge on any atom is 0.161 e. The van der Waals surface area contributed by atoms with Crippen molar-refractivity contribution in [3.63, 3.8) is 0 Å². The van der Waals surface area contributed by atoms with Gasteiger partial charge in [-0.05, 0) is 59.8 Å². The number of aromatic nitrogens is 1. The van der Waals surface area contributed by atoms with Crippen molar-refractivity contribution in [2.75, 3.05) is 20.8 Å². The largest absolute Gasteiger partial charge is 0.493 e. The second kappa shape index (κ2) is 8.56. The Balaban J connectivity index is 1.92. The first kappa shape index (κ1) is 20.5. The molecule has 0 aliphatic rings. The summed E-state index contributed by atoms with van der Waals surface area (Å²) in [5.41, 5.74) is 2.71. The first-order chi connectivity index (χ1) is 15.1. The van der Waals surface area contributed by atoms with Gasteiger partial charge in [-0.15, -0.1) is 0 Å². The molecule has 0 N–H and O–H groups in total. The molecule has 0 bridgehead atoms. The molecular weight excluding hydrogens is 390 g/mol. The van der Waals surface area contributed by atoms with Crippen molar-refractivity contribution in [2.24, 2.45) is 0 Å². The van der Waals surface area contributed by atoms with E-state index in [0.29, 0.717) is 17.2 Å². The summed E-state index contributed by atoms with van der Waals surface area (Å²) in [5, 5.41) is 1.17. The third-order valence-electron chi connectivity index (χ3n) is 5.76. The van der Waals surface area contributed by atoms with Crippen LogP contribution < -0.4 is 14.2 Å². The number of methoxy groups -OCH3 is 2. The summed E-state index contributed by atoms with van der Waals surface area (Å²) in [4.78, 5) is 10.6. The summed E-state index contributed by atoms with van der Waals surface area (Å²) in [5.74, 6) is 2.01. The highest BCUT2D eigenvalue weighted by molar-refractivity contribution is 5.81. The van der Waals surface area contributed by atoms with Crippen LogP contribution in [0, 0.1) is 0 Å². The molecule has 5 heteroatoms. The molecule has 1 aromatic heterocycles. The zero-order valence-electron chi connectivity index (χ0n) is 17.9. The fourth-order valence-electron chi connectivity index (χ4n) is 4.06. The molecular formula is C26H25NO4. The summed E-state index contributed by atoms with van der Waals surface area (Å²) < 4.78 is 18.7. The van der Waals surface area contributed by atoms with Crippen LogP contribution in [-0.2, 0) is 10.3 Å². The molecule has 31 heavy (non-hydrogen) atoms. The molecule has 0 spiro atoms. The van der Waals surface area contributed by atoms with Gasteiger partial charge in [0.05, 0.1) is 19.8 Å². The van der Waals surface area contributed by atoms with Crippen molar-refractivity contribution in [1.29, 1.82) is 0 Å². The lowest BCUT2D eigenvalue weighted by atomic mass is 9.83. The summed E-state index contributed by atoms with van der Waals surface area (Å²) in [6.45, 7) is 2.22. The van der Waals surface area contributed by atoms with E-state index >= 15 is 0 Å². The number of hydrogen-bond acceptors (Lipinski definition) is 4. The minimum absolute atomic E-state index is 0.0362. The van der Waals surface area contributed by atoms with Crippen molar-refractivity contribution < 1.29 is 19.0 Å². The topological polar surface area (TPSA) is 49.7 Å². The number of benzene rings is 3. The minimum Gasteiger partial charge on any atom is -0.493 e. The molecule has 5 nitrogen and oxygen atoms in total. The number of para-hydroxylation sites is 1. The van der Waals surface area contributed by atoms with Gasteiger partial charge in [-0.25, -0.2) is 0 Å². The molecule has 4 aromatic rings. The Hall–Kier alpha value is -3.73. The van der Waals surface area contributed by atoms with Crippen molar-refractivity contribution in [2.45, 2.75) is 12.5 Å². The molecule has 0 amide bonds. The van der Waals surface area contributed by atoms with Gasteiger partial charge in [0.2, 0.25) is 0 Å². The van der Waals surface area contributed by atoms with Crippen molar-refractivity contribution in [3.05, 3.63) is 90.1 Å². The maximum absolute atomic E-state index is 10.6. The Labute approximate surface area is 181 Å². The van der Waals surface area contributed by atoms with Gasteiger partial charge in [-0.2, -0.15) is 0 Å². The van der Waals surface area contributed by atoms with Crippen LogP contribution in [0.15, 0.2) is 79.0 Å². The van der Waals surface area contributed by atoms with Crippen molar-refractivity contribution in [1.82, 2.24) is 4.57 Å². The number of carbonyl (C=O) groups excluding carboxylic acids is 1. The van der Waals surface area contributed by atoms with Crippen LogP contribution in [0.1, 0.15) is 18.1 Å². The zero-order valence-corrected chi connectivity index (χ0v) is 17.9. The fourth-order valence-corrected chi connectivity index (χ4v) is 4.06. The summed E-state index contributed by atoms with van der Waals surface area (Å²) in [6.07, 6.45) is 2.85. The molecule has 1 unspecified atom stereocenters. The summed E-state index contributed by atoms with van der Waals surface area (Å²) in [7, 11) is 3.28. The summed E-state index contributed by atoms with van der Waals surface area (Å²) >= 11 is 0. The Morgan fingerprint density at radius 2 is 1.58 bits per heavy atom. The fraction of sp³-hybridized carbons (Fsp3) is 0.192. The number of aldehydes is 1. The van der Waals surface area contributed by atoms with E-state index in [2.05, 4.69) is 42.0 Å². The normalized spacial score (nSPS) is 12.9. The maximum atomic E-state index is 10.6. The van der Waals surface area contributed by atoms with Gasteiger partial charge in [0.1, 0.15) is 12.4 Å². The Morgan fingerprint density at radius 1 is 0.871 bits per heavy atom. The monoisotopic (exact) mass is 415 g/mol. The van der Waals surface area contributed by atoms with Crippen LogP contribution in [0.3, 0.4) is 0 Å². The average Bonchev–Trinajstić information content (AvgIpc) is 3.27. The lowest BCUT2D eigenvalue weighted by Crippen LogP contribution is -2.32. The second-order valence-corrected chi connectivity index (χ2v) is 7.39. The Kier molecular flexibility index (Phi) is 5.67. The molecule has 0 radical (unpaired) electrons.